The molecule has 0 aliphatic heterocycles. The Hall–Kier alpha value is -2.63. The lowest BCUT2D eigenvalue weighted by atomic mass is 10.1. The predicted molar refractivity (Wildman–Crippen MR) is 92.1 cm³/mol. The monoisotopic (exact) mass is 344 g/mol. The summed E-state index contributed by atoms with van der Waals surface area (Å²) < 4.78 is 18.7. The summed E-state index contributed by atoms with van der Waals surface area (Å²) in [5, 5.41) is 2.75. The molecule has 0 saturated heterocycles. The number of aromatic nitrogens is 1. The molecule has 1 aromatic carbocycles. The highest BCUT2D eigenvalue weighted by Crippen LogP contribution is 2.18. The van der Waals surface area contributed by atoms with Gasteiger partial charge in [0.1, 0.15) is 0 Å². The zero-order valence-electron chi connectivity index (χ0n) is 13.9. The van der Waals surface area contributed by atoms with Crippen molar-refractivity contribution in [1.82, 2.24) is 10.3 Å². The number of aryl methyl sites for hydroxylation is 2. The molecule has 1 aliphatic rings. The molecule has 1 aliphatic carbocycles. The van der Waals surface area contributed by atoms with Crippen LogP contribution in [0.5, 0.6) is 5.75 Å². The minimum Gasteiger partial charge on any atom is -0.491 e. The fraction of sp³-hybridized carbons (Fsp3) is 0.368. The van der Waals surface area contributed by atoms with Gasteiger partial charge in [0.15, 0.2) is 11.6 Å². The average Bonchev–Trinajstić information content (AvgIpc) is 3.05. The molecular weight excluding hydrogens is 323 g/mol. The van der Waals surface area contributed by atoms with Crippen molar-refractivity contribution < 1.29 is 13.9 Å². The average molecular weight is 344 g/mol. The largest absolute Gasteiger partial charge is 0.491 e. The van der Waals surface area contributed by atoms with Gasteiger partial charge in [-0.1, -0.05) is 12.1 Å². The molecule has 25 heavy (non-hydrogen) atoms. The molecule has 6 heteroatoms. The Bertz CT molecular complexity index is 817. The first kappa shape index (κ1) is 17.2. The molecule has 1 aromatic heterocycles. The van der Waals surface area contributed by atoms with Crippen molar-refractivity contribution in [2.24, 2.45) is 0 Å². The summed E-state index contributed by atoms with van der Waals surface area (Å²) in [5.41, 5.74) is 2.63. The van der Waals surface area contributed by atoms with Crippen LogP contribution >= 0.6 is 0 Å². The third-order valence-corrected chi connectivity index (χ3v) is 4.28. The number of H-pyrrole nitrogens is 1. The van der Waals surface area contributed by atoms with Gasteiger partial charge < -0.3 is 15.0 Å². The second-order valence-electron chi connectivity index (χ2n) is 6.14. The van der Waals surface area contributed by atoms with Gasteiger partial charge in [0, 0.05) is 24.2 Å². The summed E-state index contributed by atoms with van der Waals surface area (Å²) in [6.07, 6.45) is 3.68. The van der Waals surface area contributed by atoms with E-state index in [9.17, 15) is 14.0 Å². The summed E-state index contributed by atoms with van der Waals surface area (Å²) in [5.74, 6) is -0.382. The number of pyridine rings is 1. The van der Waals surface area contributed by atoms with E-state index in [4.69, 9.17) is 4.74 Å². The van der Waals surface area contributed by atoms with Gasteiger partial charge in [-0.2, -0.15) is 0 Å². The third kappa shape index (κ3) is 4.47. The van der Waals surface area contributed by atoms with E-state index < -0.39 is 5.82 Å². The number of benzene rings is 1. The Morgan fingerprint density at radius 3 is 2.96 bits per heavy atom. The van der Waals surface area contributed by atoms with Crippen LogP contribution in [0, 0.1) is 5.82 Å². The highest BCUT2D eigenvalue weighted by atomic mass is 19.1. The summed E-state index contributed by atoms with van der Waals surface area (Å²) in [6.45, 7) is 0.476. The number of ether oxygens (including phenoxy) is 1. The molecule has 0 radical (unpaired) electrons. The maximum atomic E-state index is 13.4. The molecule has 0 atom stereocenters. The molecule has 2 N–H and O–H groups in total. The van der Waals surface area contributed by atoms with Crippen molar-refractivity contribution in [3.63, 3.8) is 0 Å². The van der Waals surface area contributed by atoms with Crippen LogP contribution in [0.2, 0.25) is 0 Å². The number of carbonyl (C=O) groups is 1. The standard InChI is InChI=1S/C19H21FN2O3/c20-15-6-1-2-8-17(15)25-10-4-9-18(23)21-12-14-11-13-5-3-7-16(13)22-19(14)24/h1-2,6,8,11H,3-5,7,9-10,12H2,(H,21,23)(H,22,24). The van der Waals surface area contributed by atoms with Crippen molar-refractivity contribution in [3.8, 4) is 5.75 Å². The van der Waals surface area contributed by atoms with Crippen molar-refractivity contribution in [3.05, 3.63) is 63.3 Å². The van der Waals surface area contributed by atoms with Crippen LogP contribution in [-0.4, -0.2) is 17.5 Å². The van der Waals surface area contributed by atoms with Gasteiger partial charge in [-0.05, 0) is 49.4 Å². The van der Waals surface area contributed by atoms with Crippen LogP contribution in [-0.2, 0) is 24.2 Å². The molecular formula is C19H21FN2O3. The van der Waals surface area contributed by atoms with Gasteiger partial charge in [0.05, 0.1) is 6.61 Å². The van der Waals surface area contributed by atoms with Crippen LogP contribution in [0.1, 0.15) is 36.1 Å². The number of rotatable bonds is 7. The summed E-state index contributed by atoms with van der Waals surface area (Å²) in [7, 11) is 0. The molecule has 1 amide bonds. The number of nitrogens with one attached hydrogen (secondary N) is 2. The highest BCUT2D eigenvalue weighted by molar-refractivity contribution is 5.75. The Morgan fingerprint density at radius 1 is 1.28 bits per heavy atom. The lowest BCUT2D eigenvalue weighted by Gasteiger charge is -2.08. The van der Waals surface area contributed by atoms with Crippen LogP contribution < -0.4 is 15.6 Å². The summed E-state index contributed by atoms with van der Waals surface area (Å²) in [4.78, 5) is 26.8. The molecule has 0 fully saturated rings. The molecule has 132 valence electrons. The van der Waals surface area contributed by atoms with Gasteiger partial charge in [-0.3, -0.25) is 9.59 Å². The first-order valence-corrected chi connectivity index (χ1v) is 8.51. The van der Waals surface area contributed by atoms with E-state index >= 15 is 0 Å². The Balaban J connectivity index is 1.41. The van der Waals surface area contributed by atoms with Crippen LogP contribution in [0.15, 0.2) is 35.1 Å². The van der Waals surface area contributed by atoms with E-state index in [1.54, 1.807) is 18.2 Å². The number of carbonyl (C=O) groups excluding carboxylic acids is 1. The fourth-order valence-corrected chi connectivity index (χ4v) is 2.95. The normalized spacial score (nSPS) is 12.7. The van der Waals surface area contributed by atoms with Crippen molar-refractivity contribution >= 4 is 5.91 Å². The molecule has 0 spiro atoms. The van der Waals surface area contributed by atoms with Gasteiger partial charge in [0.25, 0.3) is 5.56 Å². The Kier molecular flexibility index (Phi) is 5.48. The second kappa shape index (κ2) is 7.96. The number of hydrogen-bond acceptors (Lipinski definition) is 3. The van der Waals surface area contributed by atoms with Gasteiger partial charge in [-0.25, -0.2) is 4.39 Å². The molecule has 0 bridgehead atoms. The first-order chi connectivity index (χ1) is 12.1. The molecule has 0 unspecified atom stereocenters. The van der Waals surface area contributed by atoms with Gasteiger partial charge in [0.2, 0.25) is 5.91 Å². The SMILES string of the molecule is O=C(CCCOc1ccccc1F)NCc1cc2c([nH]c1=O)CCC2. The van der Waals surface area contributed by atoms with Crippen LogP contribution in [0.4, 0.5) is 4.39 Å². The number of hydrogen-bond donors (Lipinski definition) is 2. The van der Waals surface area contributed by atoms with Gasteiger partial charge >= 0.3 is 0 Å². The quantitative estimate of drug-likeness (QED) is 0.758. The van der Waals surface area contributed by atoms with E-state index in [0.717, 1.165) is 25.0 Å². The number of aromatic amines is 1. The lowest BCUT2D eigenvalue weighted by molar-refractivity contribution is -0.121. The zero-order chi connectivity index (χ0) is 17.6. The van der Waals surface area contributed by atoms with E-state index in [-0.39, 0.29) is 36.8 Å². The minimum absolute atomic E-state index is 0.135. The predicted octanol–water partition coefficient (Wildman–Crippen LogP) is 2.48. The lowest BCUT2D eigenvalue weighted by Crippen LogP contribution is -2.27. The minimum atomic E-state index is -0.414. The molecule has 3 rings (SSSR count). The van der Waals surface area contributed by atoms with E-state index in [0.29, 0.717) is 12.0 Å². The number of amides is 1. The summed E-state index contributed by atoms with van der Waals surface area (Å²) in [6, 6.07) is 8.06. The first-order valence-electron chi connectivity index (χ1n) is 8.51. The number of fused-ring (bicyclic) bond motifs is 1. The molecule has 2 aromatic rings. The zero-order valence-corrected chi connectivity index (χ0v) is 13.9. The highest BCUT2D eigenvalue weighted by Gasteiger charge is 2.14. The van der Waals surface area contributed by atoms with Crippen LogP contribution in [0.25, 0.3) is 0 Å². The van der Waals surface area contributed by atoms with Crippen molar-refractivity contribution in [2.75, 3.05) is 6.61 Å². The maximum Gasteiger partial charge on any atom is 0.253 e. The second-order valence-corrected chi connectivity index (χ2v) is 6.14. The Labute approximate surface area is 145 Å². The smallest absolute Gasteiger partial charge is 0.253 e. The maximum absolute atomic E-state index is 13.4. The van der Waals surface area contributed by atoms with E-state index in [2.05, 4.69) is 10.3 Å². The molecule has 1 heterocycles. The van der Waals surface area contributed by atoms with Crippen LogP contribution in [0.3, 0.4) is 0 Å². The molecule has 0 saturated carbocycles. The van der Waals surface area contributed by atoms with Crippen molar-refractivity contribution in [2.45, 2.75) is 38.6 Å². The topological polar surface area (TPSA) is 71.2 Å². The van der Waals surface area contributed by atoms with Crippen molar-refractivity contribution in [1.29, 1.82) is 0 Å². The summed E-state index contributed by atoms with van der Waals surface area (Å²) >= 11 is 0. The van der Waals surface area contributed by atoms with Gasteiger partial charge in [-0.15, -0.1) is 0 Å². The number of halogens is 1. The Morgan fingerprint density at radius 2 is 2.12 bits per heavy atom. The third-order valence-electron chi connectivity index (χ3n) is 4.28. The van der Waals surface area contributed by atoms with E-state index in [1.807, 2.05) is 6.07 Å². The number of para-hydroxylation sites is 1. The fourth-order valence-electron chi connectivity index (χ4n) is 2.95. The molecule has 5 nitrogen and oxygen atoms in total. The van der Waals surface area contributed by atoms with E-state index in [1.165, 1.54) is 11.6 Å².